The third kappa shape index (κ3) is 6.47. The molecule has 0 unspecified atom stereocenters. The van der Waals surface area contributed by atoms with Gasteiger partial charge < -0.3 is 25.5 Å². The summed E-state index contributed by atoms with van der Waals surface area (Å²) in [6.07, 6.45) is 5.93. The van der Waals surface area contributed by atoms with Crippen LogP contribution in [0.1, 0.15) is 42.5 Å². The summed E-state index contributed by atoms with van der Waals surface area (Å²) >= 11 is 0. The first-order valence-corrected chi connectivity index (χ1v) is 13.9. The number of amides is 2. The second-order valence-electron chi connectivity index (χ2n) is 11.1. The highest BCUT2D eigenvalue weighted by atomic mass is 16.4. The summed E-state index contributed by atoms with van der Waals surface area (Å²) in [6.45, 7) is 3.09. The van der Waals surface area contributed by atoms with Gasteiger partial charge in [-0.2, -0.15) is 0 Å². The van der Waals surface area contributed by atoms with Crippen molar-refractivity contribution in [2.24, 2.45) is 11.8 Å². The highest BCUT2D eigenvalue weighted by molar-refractivity contribution is 6.07. The number of carbonyl (C=O) groups is 2. The Morgan fingerprint density at radius 1 is 1.00 bits per heavy atom. The van der Waals surface area contributed by atoms with Crippen molar-refractivity contribution in [2.45, 2.75) is 38.1 Å². The van der Waals surface area contributed by atoms with Crippen LogP contribution in [-0.2, 0) is 0 Å². The molecule has 39 heavy (non-hydrogen) atoms. The van der Waals surface area contributed by atoms with Gasteiger partial charge in [0.1, 0.15) is 5.82 Å². The van der Waals surface area contributed by atoms with Gasteiger partial charge in [-0.05, 0) is 82.3 Å². The number of carbonyl (C=O) groups excluding carboxylic acids is 1. The Bertz CT molecular complexity index is 1300. The van der Waals surface area contributed by atoms with Crippen molar-refractivity contribution >= 4 is 28.7 Å². The first kappa shape index (κ1) is 26.9. The second kappa shape index (κ2) is 12.0. The Hall–Kier alpha value is -3.72. The molecule has 206 valence electrons. The van der Waals surface area contributed by atoms with Crippen LogP contribution in [0.15, 0.2) is 48.7 Å². The van der Waals surface area contributed by atoms with Crippen LogP contribution < -0.4 is 15.5 Å². The van der Waals surface area contributed by atoms with Gasteiger partial charge in [0.2, 0.25) is 0 Å². The summed E-state index contributed by atoms with van der Waals surface area (Å²) in [5.41, 5.74) is 3.02. The Morgan fingerprint density at radius 3 is 2.36 bits per heavy atom. The Balaban J connectivity index is 1.27. The number of carboxylic acid groups (broad SMARTS) is 1. The quantitative estimate of drug-likeness (QED) is 0.400. The summed E-state index contributed by atoms with van der Waals surface area (Å²) in [4.78, 5) is 38.3. The normalized spacial score (nSPS) is 21.3. The van der Waals surface area contributed by atoms with Gasteiger partial charge in [-0.15, -0.1) is 0 Å². The Kier molecular flexibility index (Phi) is 8.26. The number of aromatic nitrogens is 2. The minimum absolute atomic E-state index is 0.0964. The molecule has 1 aliphatic heterocycles. The largest absolute Gasteiger partial charge is 0.465 e. The lowest BCUT2D eigenvalue weighted by atomic mass is 9.82. The SMILES string of the molecule is CN(C)[C@H]1CCN(c2ccc(-c3cc(C(=O)NCC4CCC(CNC(=O)O)CC4)c4ccccc4n3)cn2)C1. The van der Waals surface area contributed by atoms with Crippen molar-refractivity contribution in [3.05, 3.63) is 54.2 Å². The van der Waals surface area contributed by atoms with E-state index in [0.717, 1.165) is 73.2 Å². The van der Waals surface area contributed by atoms with E-state index in [1.165, 1.54) is 0 Å². The molecule has 2 aromatic heterocycles. The number of benzene rings is 1. The number of hydrogen-bond acceptors (Lipinski definition) is 6. The molecule has 3 aromatic rings. The molecule has 1 aromatic carbocycles. The van der Waals surface area contributed by atoms with Gasteiger partial charge in [0, 0.05) is 49.4 Å². The summed E-state index contributed by atoms with van der Waals surface area (Å²) < 4.78 is 0. The third-order valence-electron chi connectivity index (χ3n) is 8.28. The van der Waals surface area contributed by atoms with E-state index in [4.69, 9.17) is 15.1 Å². The van der Waals surface area contributed by atoms with Crippen molar-refractivity contribution in [3.63, 3.8) is 0 Å². The molecule has 9 nitrogen and oxygen atoms in total. The van der Waals surface area contributed by atoms with E-state index in [2.05, 4.69) is 34.5 Å². The molecule has 0 radical (unpaired) electrons. The fourth-order valence-electron chi connectivity index (χ4n) is 5.81. The molecule has 1 saturated carbocycles. The molecule has 3 heterocycles. The monoisotopic (exact) mass is 530 g/mol. The van der Waals surface area contributed by atoms with Crippen molar-refractivity contribution in [3.8, 4) is 11.3 Å². The fraction of sp³-hybridized carbons (Fsp3) is 0.467. The van der Waals surface area contributed by atoms with E-state index < -0.39 is 6.09 Å². The van der Waals surface area contributed by atoms with E-state index in [0.29, 0.717) is 36.5 Å². The average Bonchev–Trinajstić information content (AvgIpc) is 3.46. The number of nitrogens with one attached hydrogen (secondary N) is 2. The predicted molar refractivity (Wildman–Crippen MR) is 153 cm³/mol. The first-order valence-electron chi connectivity index (χ1n) is 13.9. The van der Waals surface area contributed by atoms with Crippen LogP contribution in [0.2, 0.25) is 0 Å². The molecule has 2 aliphatic rings. The maximum Gasteiger partial charge on any atom is 0.404 e. The lowest BCUT2D eigenvalue weighted by molar-refractivity contribution is 0.0942. The molecule has 1 saturated heterocycles. The molecular weight excluding hydrogens is 492 g/mol. The number of fused-ring (bicyclic) bond motifs is 1. The smallest absolute Gasteiger partial charge is 0.404 e. The molecular formula is C30H38N6O3. The van der Waals surface area contributed by atoms with Crippen LogP contribution in [0.3, 0.4) is 0 Å². The van der Waals surface area contributed by atoms with Crippen LogP contribution in [0.4, 0.5) is 10.6 Å². The predicted octanol–water partition coefficient (Wildman–Crippen LogP) is 4.24. The zero-order chi connectivity index (χ0) is 27.4. The Labute approximate surface area is 229 Å². The second-order valence-corrected chi connectivity index (χ2v) is 11.1. The molecule has 3 N–H and O–H groups in total. The lowest BCUT2D eigenvalue weighted by Gasteiger charge is -2.28. The minimum Gasteiger partial charge on any atom is -0.465 e. The van der Waals surface area contributed by atoms with Crippen molar-refractivity contribution in [1.29, 1.82) is 0 Å². The number of rotatable bonds is 8. The molecule has 2 amide bonds. The number of hydrogen-bond donors (Lipinski definition) is 3. The fourth-order valence-corrected chi connectivity index (χ4v) is 5.81. The van der Waals surface area contributed by atoms with Gasteiger partial charge >= 0.3 is 6.09 Å². The van der Waals surface area contributed by atoms with Crippen LogP contribution in [-0.4, -0.2) is 78.3 Å². The number of anilines is 1. The maximum absolute atomic E-state index is 13.4. The maximum atomic E-state index is 13.4. The molecule has 2 fully saturated rings. The van der Waals surface area contributed by atoms with E-state index >= 15 is 0 Å². The number of pyridine rings is 2. The Morgan fingerprint density at radius 2 is 1.72 bits per heavy atom. The highest BCUT2D eigenvalue weighted by Gasteiger charge is 2.25. The molecule has 0 bridgehead atoms. The van der Waals surface area contributed by atoms with Gasteiger partial charge in [-0.1, -0.05) is 18.2 Å². The van der Waals surface area contributed by atoms with Gasteiger partial charge in [0.15, 0.2) is 0 Å². The molecule has 0 spiro atoms. The summed E-state index contributed by atoms with van der Waals surface area (Å²) in [7, 11) is 4.24. The van der Waals surface area contributed by atoms with Crippen LogP contribution >= 0.6 is 0 Å². The van der Waals surface area contributed by atoms with Crippen molar-refractivity contribution < 1.29 is 14.7 Å². The summed E-state index contributed by atoms with van der Waals surface area (Å²) in [6, 6.07) is 14.3. The molecule has 5 rings (SSSR count). The molecule has 1 atom stereocenters. The van der Waals surface area contributed by atoms with Crippen LogP contribution in [0.5, 0.6) is 0 Å². The van der Waals surface area contributed by atoms with E-state index in [1.807, 2.05) is 48.7 Å². The van der Waals surface area contributed by atoms with Gasteiger partial charge in [-0.25, -0.2) is 14.8 Å². The van der Waals surface area contributed by atoms with E-state index in [9.17, 15) is 9.59 Å². The van der Waals surface area contributed by atoms with Crippen molar-refractivity contribution in [2.75, 3.05) is 45.2 Å². The molecule has 1 aliphatic carbocycles. The van der Waals surface area contributed by atoms with Gasteiger partial charge in [-0.3, -0.25) is 4.79 Å². The highest BCUT2D eigenvalue weighted by Crippen LogP contribution is 2.29. The van der Waals surface area contributed by atoms with Gasteiger partial charge in [0.05, 0.1) is 16.8 Å². The summed E-state index contributed by atoms with van der Waals surface area (Å²) in [5, 5.41) is 15.3. The lowest BCUT2D eigenvalue weighted by Crippen LogP contribution is -2.34. The minimum atomic E-state index is -0.968. The number of likely N-dealkylation sites (N-methyl/N-ethyl adjacent to an activating group) is 1. The standard InChI is InChI=1S/C30H38N6O3/c1-35(2)23-13-14-36(19-23)28-12-11-22(18-31-28)27-15-25(24-5-3-4-6-26(24)34-27)29(37)32-16-20-7-9-21(10-8-20)17-33-30(38)39/h3-6,11-12,15,18,20-21,23,33H,7-10,13-14,16-17,19H2,1-2H3,(H,32,37)(H,38,39)/t20?,21?,23-/m0/s1. The van der Waals surface area contributed by atoms with E-state index in [-0.39, 0.29) is 5.91 Å². The van der Waals surface area contributed by atoms with Crippen molar-refractivity contribution in [1.82, 2.24) is 25.5 Å². The summed E-state index contributed by atoms with van der Waals surface area (Å²) in [5.74, 6) is 1.65. The number of nitrogens with zero attached hydrogens (tertiary/aromatic N) is 4. The third-order valence-corrected chi connectivity index (χ3v) is 8.28. The number of para-hydroxylation sites is 1. The average molecular weight is 531 g/mol. The topological polar surface area (TPSA) is 111 Å². The van der Waals surface area contributed by atoms with E-state index in [1.54, 1.807) is 0 Å². The van der Waals surface area contributed by atoms with Gasteiger partial charge in [0.25, 0.3) is 5.91 Å². The molecule has 9 heteroatoms. The zero-order valence-corrected chi connectivity index (χ0v) is 22.8. The van der Waals surface area contributed by atoms with Crippen LogP contribution in [0.25, 0.3) is 22.2 Å². The zero-order valence-electron chi connectivity index (χ0n) is 22.8. The first-order chi connectivity index (χ1) is 18.9. The van der Waals surface area contributed by atoms with Crippen LogP contribution in [0, 0.1) is 11.8 Å².